The molecule has 0 N–H and O–H groups in total. The largest absolute Gasteiger partial charge is 0.466 e. The lowest BCUT2D eigenvalue weighted by Gasteiger charge is -2.25. The molecular formula is C25H26N2O6S. The first-order valence-corrected chi connectivity index (χ1v) is 12.3. The number of carbonyl (C=O) groups excluding carboxylic acids is 1. The lowest BCUT2D eigenvalue weighted by Crippen LogP contribution is -2.31. The second kappa shape index (κ2) is 11.4. The Hall–Kier alpha value is -3.72. The minimum absolute atomic E-state index is 0.0199. The number of para-hydroxylation sites is 2. The number of carbonyl (C=O) groups is 1. The van der Waals surface area contributed by atoms with Crippen molar-refractivity contribution in [2.24, 2.45) is 0 Å². The molecule has 0 radical (unpaired) electrons. The molecule has 0 aliphatic rings. The van der Waals surface area contributed by atoms with Crippen molar-refractivity contribution in [3.63, 3.8) is 0 Å². The molecule has 0 aliphatic carbocycles. The van der Waals surface area contributed by atoms with Crippen molar-refractivity contribution in [2.75, 3.05) is 10.9 Å². The summed E-state index contributed by atoms with van der Waals surface area (Å²) in [5.74, 6) is -0.273. The number of esters is 1. The van der Waals surface area contributed by atoms with Gasteiger partial charge in [-0.25, -0.2) is 8.42 Å². The average molecular weight is 483 g/mol. The van der Waals surface area contributed by atoms with Gasteiger partial charge in [-0.05, 0) is 49.1 Å². The van der Waals surface area contributed by atoms with E-state index >= 15 is 0 Å². The van der Waals surface area contributed by atoms with E-state index in [4.69, 9.17) is 4.74 Å². The highest BCUT2D eigenvalue weighted by Crippen LogP contribution is 2.31. The van der Waals surface area contributed by atoms with E-state index in [9.17, 15) is 23.3 Å². The summed E-state index contributed by atoms with van der Waals surface area (Å²) in [5.41, 5.74) is 1.55. The third kappa shape index (κ3) is 5.99. The number of ether oxygens (including phenoxy) is 1. The second-order valence-corrected chi connectivity index (χ2v) is 9.33. The quantitative estimate of drug-likeness (QED) is 0.219. The SMILES string of the molecule is CCOC(=O)CCCc1ccccc1CN(c1ccccc1)S(=O)(=O)c1ccccc1[N+](=O)[O-]. The predicted octanol–water partition coefficient (Wildman–Crippen LogP) is 4.88. The molecule has 3 rings (SSSR count). The molecule has 0 spiro atoms. The summed E-state index contributed by atoms with van der Waals surface area (Å²) in [6, 6.07) is 21.2. The number of hydrogen-bond donors (Lipinski definition) is 0. The van der Waals surface area contributed by atoms with Gasteiger partial charge in [0.25, 0.3) is 15.7 Å². The van der Waals surface area contributed by atoms with Crippen LogP contribution < -0.4 is 4.31 Å². The number of sulfonamides is 1. The first kappa shape index (κ1) is 24.9. The van der Waals surface area contributed by atoms with Crippen LogP contribution >= 0.6 is 0 Å². The summed E-state index contributed by atoms with van der Waals surface area (Å²) in [6.45, 7) is 2.06. The van der Waals surface area contributed by atoms with Gasteiger partial charge in [0.1, 0.15) is 0 Å². The van der Waals surface area contributed by atoms with Crippen molar-refractivity contribution in [1.82, 2.24) is 0 Å². The number of nitro groups is 1. The monoisotopic (exact) mass is 482 g/mol. The molecule has 0 fully saturated rings. The molecule has 9 heteroatoms. The molecule has 0 aromatic heterocycles. The maximum absolute atomic E-state index is 13.7. The van der Waals surface area contributed by atoms with E-state index in [1.165, 1.54) is 28.6 Å². The molecule has 0 aliphatic heterocycles. The van der Waals surface area contributed by atoms with Crippen LogP contribution in [0.25, 0.3) is 0 Å². The van der Waals surface area contributed by atoms with Crippen LogP contribution in [0.1, 0.15) is 30.9 Å². The number of anilines is 1. The summed E-state index contributed by atoms with van der Waals surface area (Å²) in [7, 11) is -4.27. The number of hydrogen-bond acceptors (Lipinski definition) is 6. The van der Waals surface area contributed by atoms with Crippen LogP contribution in [-0.2, 0) is 32.5 Å². The van der Waals surface area contributed by atoms with Gasteiger partial charge in [0, 0.05) is 12.5 Å². The van der Waals surface area contributed by atoms with E-state index in [1.54, 1.807) is 37.3 Å². The topological polar surface area (TPSA) is 107 Å². The van der Waals surface area contributed by atoms with Gasteiger partial charge in [0.2, 0.25) is 0 Å². The molecule has 0 heterocycles. The number of rotatable bonds is 11. The van der Waals surface area contributed by atoms with Crippen molar-refractivity contribution < 1.29 is 22.9 Å². The van der Waals surface area contributed by atoms with Crippen LogP contribution in [0.3, 0.4) is 0 Å². The zero-order chi connectivity index (χ0) is 24.6. The molecule has 0 saturated heterocycles. The first-order chi connectivity index (χ1) is 16.3. The van der Waals surface area contributed by atoms with Gasteiger partial charge in [0.15, 0.2) is 4.90 Å². The fourth-order valence-electron chi connectivity index (χ4n) is 3.62. The van der Waals surface area contributed by atoms with Crippen molar-refractivity contribution in [2.45, 2.75) is 37.6 Å². The molecule has 0 saturated carbocycles. The molecule has 0 amide bonds. The lowest BCUT2D eigenvalue weighted by atomic mass is 10.0. The molecule has 0 bridgehead atoms. The number of nitrogens with zero attached hydrogens (tertiary/aromatic N) is 2. The summed E-state index contributed by atoms with van der Waals surface area (Å²) < 4.78 is 33.6. The third-order valence-corrected chi connectivity index (χ3v) is 7.06. The lowest BCUT2D eigenvalue weighted by molar-refractivity contribution is -0.387. The van der Waals surface area contributed by atoms with E-state index in [0.717, 1.165) is 11.1 Å². The number of benzene rings is 3. The van der Waals surface area contributed by atoms with Crippen LogP contribution in [0.5, 0.6) is 0 Å². The summed E-state index contributed by atoms with van der Waals surface area (Å²) >= 11 is 0. The van der Waals surface area contributed by atoms with E-state index in [2.05, 4.69) is 0 Å². The third-order valence-electron chi connectivity index (χ3n) is 5.24. The number of nitro benzene ring substituents is 1. The van der Waals surface area contributed by atoms with E-state index < -0.39 is 20.6 Å². The Morgan fingerprint density at radius 3 is 2.24 bits per heavy atom. The molecule has 178 valence electrons. The van der Waals surface area contributed by atoms with Crippen molar-refractivity contribution >= 4 is 27.4 Å². The normalized spacial score (nSPS) is 11.1. The minimum Gasteiger partial charge on any atom is -0.466 e. The second-order valence-electron chi connectivity index (χ2n) is 7.50. The highest BCUT2D eigenvalue weighted by Gasteiger charge is 2.32. The Labute approximate surface area is 199 Å². The predicted molar refractivity (Wildman–Crippen MR) is 129 cm³/mol. The van der Waals surface area contributed by atoms with Crippen LogP contribution in [-0.4, -0.2) is 25.9 Å². The zero-order valence-electron chi connectivity index (χ0n) is 18.8. The maximum atomic E-state index is 13.7. The molecule has 3 aromatic carbocycles. The highest BCUT2D eigenvalue weighted by molar-refractivity contribution is 7.93. The van der Waals surface area contributed by atoms with Gasteiger partial charge < -0.3 is 4.74 Å². The fourth-order valence-corrected chi connectivity index (χ4v) is 5.22. The van der Waals surface area contributed by atoms with Gasteiger partial charge in [-0.1, -0.05) is 54.6 Å². The van der Waals surface area contributed by atoms with Gasteiger partial charge in [-0.2, -0.15) is 0 Å². The molecule has 0 unspecified atom stereocenters. The molecule has 3 aromatic rings. The van der Waals surface area contributed by atoms with Crippen molar-refractivity contribution in [3.8, 4) is 0 Å². The summed E-state index contributed by atoms with van der Waals surface area (Å²) in [5, 5.41) is 11.5. The Morgan fingerprint density at radius 1 is 0.941 bits per heavy atom. The zero-order valence-corrected chi connectivity index (χ0v) is 19.6. The van der Waals surface area contributed by atoms with E-state index in [-0.39, 0.29) is 23.8 Å². The van der Waals surface area contributed by atoms with E-state index in [0.29, 0.717) is 25.1 Å². The van der Waals surface area contributed by atoms with Gasteiger partial charge >= 0.3 is 5.97 Å². The number of aryl methyl sites for hydroxylation is 1. The van der Waals surface area contributed by atoms with Gasteiger partial charge in [-0.3, -0.25) is 19.2 Å². The van der Waals surface area contributed by atoms with Crippen LogP contribution in [0.2, 0.25) is 0 Å². The minimum atomic E-state index is -4.27. The van der Waals surface area contributed by atoms with Crippen LogP contribution in [0.4, 0.5) is 11.4 Å². The first-order valence-electron chi connectivity index (χ1n) is 10.9. The molecular weight excluding hydrogens is 456 g/mol. The molecule has 8 nitrogen and oxygen atoms in total. The Bertz CT molecular complexity index is 1250. The Kier molecular flexibility index (Phi) is 8.37. The Morgan fingerprint density at radius 2 is 1.56 bits per heavy atom. The average Bonchev–Trinajstić information content (AvgIpc) is 2.84. The molecule has 34 heavy (non-hydrogen) atoms. The van der Waals surface area contributed by atoms with Gasteiger partial charge in [0.05, 0.1) is 23.8 Å². The smallest absolute Gasteiger partial charge is 0.305 e. The van der Waals surface area contributed by atoms with Crippen molar-refractivity contribution in [1.29, 1.82) is 0 Å². The standard InChI is InChI=1S/C25H26N2O6S/c1-2-33-25(28)18-10-13-20-11-6-7-12-21(20)19-26(22-14-4-3-5-15-22)34(31,32)24-17-9-8-16-23(24)27(29)30/h3-9,11-12,14-17H,2,10,13,18-19H2,1H3. The Balaban J connectivity index is 1.97. The highest BCUT2D eigenvalue weighted by atomic mass is 32.2. The molecule has 0 atom stereocenters. The van der Waals surface area contributed by atoms with Crippen LogP contribution in [0, 0.1) is 10.1 Å². The van der Waals surface area contributed by atoms with Crippen LogP contribution in [0.15, 0.2) is 83.8 Å². The fraction of sp³-hybridized carbons (Fsp3) is 0.240. The summed E-state index contributed by atoms with van der Waals surface area (Å²) in [4.78, 5) is 22.2. The van der Waals surface area contributed by atoms with Crippen molar-refractivity contribution in [3.05, 3.63) is 100 Å². The maximum Gasteiger partial charge on any atom is 0.305 e. The van der Waals surface area contributed by atoms with E-state index in [1.807, 2.05) is 24.3 Å². The van der Waals surface area contributed by atoms with Gasteiger partial charge in [-0.15, -0.1) is 0 Å². The summed E-state index contributed by atoms with van der Waals surface area (Å²) in [6.07, 6.45) is 1.38.